The Morgan fingerprint density at radius 2 is 1.77 bits per heavy atom. The zero-order chi connectivity index (χ0) is 21.5. The Balaban J connectivity index is 1.63. The van der Waals surface area contributed by atoms with Gasteiger partial charge in [-0.3, -0.25) is 4.79 Å². The molecule has 30 heavy (non-hydrogen) atoms. The molecule has 0 radical (unpaired) electrons. The summed E-state index contributed by atoms with van der Waals surface area (Å²) in [6.07, 6.45) is 0. The predicted octanol–water partition coefficient (Wildman–Crippen LogP) is 4.18. The van der Waals surface area contributed by atoms with Gasteiger partial charge >= 0.3 is 0 Å². The third-order valence-electron chi connectivity index (χ3n) is 4.37. The fourth-order valence-corrected chi connectivity index (χ4v) is 3.74. The summed E-state index contributed by atoms with van der Waals surface area (Å²) in [5, 5.41) is 3.18. The molecule has 7 nitrogen and oxygen atoms in total. The van der Waals surface area contributed by atoms with Crippen LogP contribution in [0.3, 0.4) is 0 Å². The normalized spacial score (nSPS) is 10.8. The van der Waals surface area contributed by atoms with Crippen LogP contribution in [0.2, 0.25) is 0 Å². The van der Waals surface area contributed by atoms with Crippen LogP contribution in [-0.2, 0) is 10.5 Å². The van der Waals surface area contributed by atoms with Crippen LogP contribution in [0.25, 0.3) is 0 Å². The molecule has 1 amide bonds. The van der Waals surface area contributed by atoms with Gasteiger partial charge in [0.1, 0.15) is 5.82 Å². The van der Waals surface area contributed by atoms with E-state index in [0.717, 1.165) is 16.9 Å². The first-order chi connectivity index (χ1) is 14.4. The van der Waals surface area contributed by atoms with Crippen LogP contribution in [0.1, 0.15) is 25.2 Å². The average molecular weight is 423 g/mol. The Bertz CT molecular complexity index is 996. The molecule has 0 spiro atoms. The van der Waals surface area contributed by atoms with Crippen molar-refractivity contribution >= 4 is 40.9 Å². The summed E-state index contributed by atoms with van der Waals surface area (Å²) < 4.78 is 0. The van der Waals surface area contributed by atoms with Gasteiger partial charge in [-0.2, -0.15) is 15.0 Å². The molecule has 3 aromatic rings. The molecule has 1 aromatic heterocycles. The maximum atomic E-state index is 12.8. The number of anilines is 4. The summed E-state index contributed by atoms with van der Waals surface area (Å²) in [5.74, 6) is 1.90. The quantitative estimate of drug-likeness (QED) is 0.562. The van der Waals surface area contributed by atoms with Crippen LogP contribution in [0.15, 0.2) is 54.6 Å². The standard InChI is InChI=1S/C22H26N6OS/c1-15(2)28(17-10-5-4-6-11-17)20(29)14-30-13-19-25-21(23)27-22(26-19)24-18-12-8-7-9-16(18)3/h4-12,15H,13-14H2,1-3H3,(H3,23,24,25,26,27). The van der Waals surface area contributed by atoms with Crippen LogP contribution in [-0.4, -0.2) is 32.7 Å². The molecule has 0 fully saturated rings. The van der Waals surface area contributed by atoms with Gasteiger partial charge in [0, 0.05) is 17.4 Å². The zero-order valence-electron chi connectivity index (χ0n) is 17.4. The summed E-state index contributed by atoms with van der Waals surface area (Å²) in [7, 11) is 0. The number of nitrogens with zero attached hydrogens (tertiary/aromatic N) is 4. The lowest BCUT2D eigenvalue weighted by Crippen LogP contribution is -2.38. The summed E-state index contributed by atoms with van der Waals surface area (Å²) in [6, 6.07) is 17.6. The number of amides is 1. The summed E-state index contributed by atoms with van der Waals surface area (Å²) in [5.41, 5.74) is 8.74. The first-order valence-electron chi connectivity index (χ1n) is 9.72. The Morgan fingerprint density at radius 1 is 1.07 bits per heavy atom. The van der Waals surface area contributed by atoms with E-state index < -0.39 is 0 Å². The highest BCUT2D eigenvalue weighted by atomic mass is 32.2. The second kappa shape index (κ2) is 10.1. The van der Waals surface area contributed by atoms with E-state index >= 15 is 0 Å². The topological polar surface area (TPSA) is 97.0 Å². The smallest absolute Gasteiger partial charge is 0.237 e. The van der Waals surface area contributed by atoms with Crippen molar-refractivity contribution in [1.82, 2.24) is 15.0 Å². The molecule has 0 saturated heterocycles. The Hall–Kier alpha value is -3.13. The number of aromatic nitrogens is 3. The molecule has 8 heteroatoms. The molecule has 0 saturated carbocycles. The van der Waals surface area contributed by atoms with Crippen molar-refractivity contribution in [2.24, 2.45) is 0 Å². The molecule has 0 unspecified atom stereocenters. The van der Waals surface area contributed by atoms with E-state index in [1.807, 2.05) is 75.4 Å². The molecule has 1 heterocycles. The Kier molecular flexibility index (Phi) is 7.24. The van der Waals surface area contributed by atoms with Crippen LogP contribution in [0, 0.1) is 6.92 Å². The summed E-state index contributed by atoms with van der Waals surface area (Å²) in [6.45, 7) is 6.01. The molecule has 156 valence electrons. The van der Waals surface area contributed by atoms with E-state index in [1.165, 1.54) is 11.8 Å². The van der Waals surface area contributed by atoms with Gasteiger partial charge in [0.2, 0.25) is 17.8 Å². The molecule has 2 aromatic carbocycles. The number of carbonyl (C=O) groups excluding carboxylic acids is 1. The Labute approximate surface area is 181 Å². The maximum absolute atomic E-state index is 12.8. The maximum Gasteiger partial charge on any atom is 0.237 e. The Morgan fingerprint density at radius 3 is 2.47 bits per heavy atom. The molecule has 3 N–H and O–H groups in total. The minimum Gasteiger partial charge on any atom is -0.368 e. The lowest BCUT2D eigenvalue weighted by Gasteiger charge is -2.26. The molecule has 0 aliphatic rings. The fraction of sp³-hybridized carbons (Fsp3) is 0.273. The predicted molar refractivity (Wildman–Crippen MR) is 124 cm³/mol. The number of nitrogens with two attached hydrogens (primary N) is 1. The number of hydrogen-bond donors (Lipinski definition) is 2. The summed E-state index contributed by atoms with van der Waals surface area (Å²) in [4.78, 5) is 27.4. The highest BCUT2D eigenvalue weighted by Crippen LogP contribution is 2.21. The number of benzene rings is 2. The number of nitrogen functional groups attached to an aromatic ring is 1. The number of thioether (sulfide) groups is 1. The lowest BCUT2D eigenvalue weighted by atomic mass is 10.2. The van der Waals surface area contributed by atoms with E-state index in [-0.39, 0.29) is 17.9 Å². The second-order valence-electron chi connectivity index (χ2n) is 7.06. The molecule has 0 atom stereocenters. The molecular weight excluding hydrogens is 396 g/mol. The number of rotatable bonds is 8. The molecule has 3 rings (SSSR count). The van der Waals surface area contributed by atoms with Gasteiger partial charge < -0.3 is 16.0 Å². The van der Waals surface area contributed by atoms with Gasteiger partial charge in [0.15, 0.2) is 0 Å². The largest absolute Gasteiger partial charge is 0.368 e. The molecular formula is C22H26N6OS. The first-order valence-corrected chi connectivity index (χ1v) is 10.9. The number of nitrogens with one attached hydrogen (secondary N) is 1. The third-order valence-corrected chi connectivity index (χ3v) is 5.28. The van der Waals surface area contributed by atoms with E-state index in [9.17, 15) is 4.79 Å². The molecule has 0 bridgehead atoms. The number of carbonyl (C=O) groups is 1. The lowest BCUT2D eigenvalue weighted by molar-refractivity contribution is -0.116. The van der Waals surface area contributed by atoms with Gasteiger partial charge in [-0.15, -0.1) is 11.8 Å². The number of hydrogen-bond acceptors (Lipinski definition) is 7. The van der Waals surface area contributed by atoms with Gasteiger partial charge in [-0.25, -0.2) is 0 Å². The van der Waals surface area contributed by atoms with Crippen molar-refractivity contribution < 1.29 is 4.79 Å². The van der Waals surface area contributed by atoms with Crippen LogP contribution >= 0.6 is 11.8 Å². The number of aryl methyl sites for hydroxylation is 1. The molecule has 0 aliphatic heterocycles. The third kappa shape index (κ3) is 5.70. The van der Waals surface area contributed by atoms with Crippen LogP contribution in [0.4, 0.5) is 23.3 Å². The number of para-hydroxylation sites is 2. The highest BCUT2D eigenvalue weighted by molar-refractivity contribution is 7.99. The van der Waals surface area contributed by atoms with Crippen molar-refractivity contribution in [2.45, 2.75) is 32.6 Å². The van der Waals surface area contributed by atoms with E-state index in [4.69, 9.17) is 5.73 Å². The van der Waals surface area contributed by atoms with Crippen LogP contribution < -0.4 is 16.0 Å². The van der Waals surface area contributed by atoms with Crippen molar-refractivity contribution in [3.8, 4) is 0 Å². The van der Waals surface area contributed by atoms with E-state index in [0.29, 0.717) is 23.3 Å². The SMILES string of the molecule is Cc1ccccc1Nc1nc(N)nc(CSCC(=O)N(c2ccccc2)C(C)C)n1. The fourth-order valence-electron chi connectivity index (χ4n) is 3.01. The van der Waals surface area contributed by atoms with Gasteiger partial charge in [-0.05, 0) is 44.5 Å². The second-order valence-corrected chi connectivity index (χ2v) is 8.04. The monoisotopic (exact) mass is 422 g/mol. The van der Waals surface area contributed by atoms with Gasteiger partial charge in [0.05, 0.1) is 11.5 Å². The van der Waals surface area contributed by atoms with E-state index in [2.05, 4.69) is 20.3 Å². The van der Waals surface area contributed by atoms with Gasteiger partial charge in [-0.1, -0.05) is 36.4 Å². The average Bonchev–Trinajstić information content (AvgIpc) is 2.70. The molecule has 0 aliphatic carbocycles. The highest BCUT2D eigenvalue weighted by Gasteiger charge is 2.19. The minimum atomic E-state index is 0.0430. The van der Waals surface area contributed by atoms with Gasteiger partial charge in [0.25, 0.3) is 0 Å². The van der Waals surface area contributed by atoms with Crippen molar-refractivity contribution in [2.75, 3.05) is 21.7 Å². The zero-order valence-corrected chi connectivity index (χ0v) is 18.2. The first kappa shape index (κ1) is 21.6. The van der Waals surface area contributed by atoms with E-state index in [1.54, 1.807) is 4.90 Å². The van der Waals surface area contributed by atoms with Crippen LogP contribution in [0.5, 0.6) is 0 Å². The van der Waals surface area contributed by atoms with Crippen molar-refractivity contribution in [3.05, 3.63) is 66.0 Å². The summed E-state index contributed by atoms with van der Waals surface area (Å²) >= 11 is 1.45. The van der Waals surface area contributed by atoms with Crippen molar-refractivity contribution in [3.63, 3.8) is 0 Å². The minimum absolute atomic E-state index is 0.0430. The van der Waals surface area contributed by atoms with Crippen molar-refractivity contribution in [1.29, 1.82) is 0 Å².